The fourth-order valence-electron chi connectivity index (χ4n) is 1.25. The summed E-state index contributed by atoms with van der Waals surface area (Å²) in [5.74, 6) is 0. The fraction of sp³-hybridized carbons (Fsp3) is 0.636. The molecule has 1 atom stereocenters. The quantitative estimate of drug-likeness (QED) is 0.594. The van der Waals surface area contributed by atoms with Crippen molar-refractivity contribution in [1.29, 1.82) is 0 Å². The molecule has 1 nitrogen and oxygen atoms in total. The van der Waals surface area contributed by atoms with Crippen molar-refractivity contribution in [3.05, 3.63) is 22.4 Å². The van der Waals surface area contributed by atoms with Crippen molar-refractivity contribution in [3.8, 4) is 0 Å². The lowest BCUT2D eigenvalue weighted by molar-refractivity contribution is 0.631. The van der Waals surface area contributed by atoms with Gasteiger partial charge in [-0.3, -0.25) is 0 Å². The van der Waals surface area contributed by atoms with E-state index in [1.165, 1.54) is 17.7 Å². The first-order chi connectivity index (χ1) is 6.83. The van der Waals surface area contributed by atoms with Crippen LogP contribution in [0, 0.1) is 0 Å². The molecule has 3 heteroatoms. The molecule has 80 valence electrons. The Morgan fingerprint density at radius 1 is 1.50 bits per heavy atom. The lowest BCUT2D eigenvalue weighted by atomic mass is 10.2. The van der Waals surface area contributed by atoms with Gasteiger partial charge in [0.2, 0.25) is 0 Å². The average molecular weight is 276 g/mol. The zero-order valence-electron chi connectivity index (χ0n) is 8.63. The molecule has 0 aliphatic carbocycles. The summed E-state index contributed by atoms with van der Waals surface area (Å²) in [5, 5.41) is 5.61. The smallest absolute Gasteiger partial charge is 0.0155 e. The van der Waals surface area contributed by atoms with E-state index in [1.54, 1.807) is 0 Å². The van der Waals surface area contributed by atoms with Gasteiger partial charge in [0.25, 0.3) is 0 Å². The third kappa shape index (κ3) is 5.13. The molecule has 1 unspecified atom stereocenters. The van der Waals surface area contributed by atoms with Gasteiger partial charge in [-0.2, -0.15) is 0 Å². The largest absolute Gasteiger partial charge is 0.316 e. The van der Waals surface area contributed by atoms with Gasteiger partial charge < -0.3 is 5.32 Å². The number of hydrogen-bond donors (Lipinski definition) is 1. The van der Waals surface area contributed by atoms with Crippen molar-refractivity contribution in [2.75, 3.05) is 13.1 Å². The lowest BCUT2D eigenvalue weighted by Crippen LogP contribution is -2.20. The van der Waals surface area contributed by atoms with E-state index in [-0.39, 0.29) is 0 Å². The second kappa shape index (κ2) is 7.43. The Morgan fingerprint density at radius 3 is 3.00 bits per heavy atom. The lowest BCUT2D eigenvalue weighted by Gasteiger charge is -2.07. The van der Waals surface area contributed by atoms with Crippen LogP contribution in [-0.2, 0) is 6.42 Å². The molecule has 0 fully saturated rings. The van der Waals surface area contributed by atoms with Crippen molar-refractivity contribution in [2.24, 2.45) is 0 Å². The highest BCUT2D eigenvalue weighted by atomic mass is 79.9. The van der Waals surface area contributed by atoms with E-state index in [2.05, 4.69) is 45.7 Å². The van der Waals surface area contributed by atoms with Gasteiger partial charge in [-0.25, -0.2) is 0 Å². The number of rotatable bonds is 7. The summed E-state index contributed by atoms with van der Waals surface area (Å²) in [6.45, 7) is 4.43. The van der Waals surface area contributed by atoms with Crippen LogP contribution in [-0.4, -0.2) is 17.9 Å². The maximum absolute atomic E-state index is 3.63. The first kappa shape index (κ1) is 12.2. The van der Waals surface area contributed by atoms with Crippen LogP contribution in [0.15, 0.2) is 17.5 Å². The first-order valence-electron chi connectivity index (χ1n) is 5.20. The molecule has 1 heterocycles. The molecule has 1 aromatic heterocycles. The number of nitrogens with one attached hydrogen (secondary N) is 1. The van der Waals surface area contributed by atoms with E-state index in [0.717, 1.165) is 19.5 Å². The molecule has 1 aromatic rings. The number of halogens is 1. The van der Waals surface area contributed by atoms with E-state index in [4.69, 9.17) is 0 Å². The first-order valence-corrected chi connectivity index (χ1v) is 6.99. The molecule has 0 amide bonds. The highest BCUT2D eigenvalue weighted by molar-refractivity contribution is 9.09. The molecule has 0 aliphatic rings. The van der Waals surface area contributed by atoms with Crippen LogP contribution in [0.3, 0.4) is 0 Å². The minimum absolute atomic E-state index is 0.678. The third-order valence-corrected chi connectivity index (χ3v) is 4.25. The van der Waals surface area contributed by atoms with Gasteiger partial charge in [0.05, 0.1) is 0 Å². The Kier molecular flexibility index (Phi) is 6.48. The number of thiophene rings is 1. The topological polar surface area (TPSA) is 12.0 Å². The third-order valence-electron chi connectivity index (χ3n) is 2.21. The average Bonchev–Trinajstić information content (AvgIpc) is 2.69. The minimum atomic E-state index is 0.678. The molecular formula is C11H18BrNS. The van der Waals surface area contributed by atoms with Gasteiger partial charge in [-0.15, -0.1) is 11.3 Å². The van der Waals surface area contributed by atoms with E-state index >= 15 is 0 Å². The Labute approximate surface area is 99.0 Å². The van der Waals surface area contributed by atoms with Gasteiger partial charge in [0.1, 0.15) is 0 Å². The molecule has 0 saturated carbocycles. The molecule has 1 rings (SSSR count). The van der Waals surface area contributed by atoms with E-state index < -0.39 is 0 Å². The van der Waals surface area contributed by atoms with Crippen LogP contribution >= 0.6 is 27.3 Å². The van der Waals surface area contributed by atoms with Gasteiger partial charge in [-0.1, -0.05) is 28.9 Å². The Hall–Kier alpha value is 0.140. The SMILES string of the molecule is CCC(Br)CCNCCc1cccs1. The molecule has 0 saturated heterocycles. The molecule has 0 radical (unpaired) electrons. The Bertz CT molecular complexity index is 223. The van der Waals surface area contributed by atoms with Crippen LogP contribution in [0.25, 0.3) is 0 Å². The minimum Gasteiger partial charge on any atom is -0.316 e. The predicted molar refractivity (Wildman–Crippen MR) is 68.5 cm³/mol. The zero-order valence-corrected chi connectivity index (χ0v) is 11.0. The summed E-state index contributed by atoms with van der Waals surface area (Å²) in [6.07, 6.45) is 3.60. The summed E-state index contributed by atoms with van der Waals surface area (Å²) in [7, 11) is 0. The molecular weight excluding hydrogens is 258 g/mol. The molecule has 0 aromatic carbocycles. The van der Waals surface area contributed by atoms with Crippen molar-refractivity contribution in [2.45, 2.75) is 31.0 Å². The van der Waals surface area contributed by atoms with Crippen LogP contribution in [0.5, 0.6) is 0 Å². The molecule has 0 aliphatic heterocycles. The van der Waals surface area contributed by atoms with Crippen molar-refractivity contribution >= 4 is 27.3 Å². The summed E-state index contributed by atoms with van der Waals surface area (Å²) >= 11 is 5.47. The molecule has 14 heavy (non-hydrogen) atoms. The van der Waals surface area contributed by atoms with Gasteiger partial charge in [-0.05, 0) is 43.8 Å². The number of alkyl halides is 1. The second-order valence-corrected chi connectivity index (χ2v) is 5.70. The van der Waals surface area contributed by atoms with Gasteiger partial charge in [0, 0.05) is 9.70 Å². The maximum Gasteiger partial charge on any atom is 0.0155 e. The van der Waals surface area contributed by atoms with E-state index in [1.807, 2.05) is 11.3 Å². The predicted octanol–water partition coefficient (Wildman–Crippen LogP) is 3.44. The summed E-state index contributed by atoms with van der Waals surface area (Å²) in [4.78, 5) is 2.15. The van der Waals surface area contributed by atoms with E-state index in [9.17, 15) is 0 Å². The molecule has 0 bridgehead atoms. The standard InChI is InChI=1S/C11H18BrNS/c1-2-10(12)5-7-13-8-6-11-4-3-9-14-11/h3-4,9-10,13H,2,5-8H2,1H3. The van der Waals surface area contributed by atoms with Crippen LogP contribution < -0.4 is 5.32 Å². The fourth-order valence-corrected chi connectivity index (χ4v) is 2.19. The van der Waals surface area contributed by atoms with Crippen molar-refractivity contribution in [3.63, 3.8) is 0 Å². The summed E-state index contributed by atoms with van der Waals surface area (Å²) in [6, 6.07) is 4.32. The second-order valence-electron chi connectivity index (χ2n) is 3.37. The maximum atomic E-state index is 3.63. The van der Waals surface area contributed by atoms with Gasteiger partial charge in [0.15, 0.2) is 0 Å². The van der Waals surface area contributed by atoms with Crippen LogP contribution in [0.4, 0.5) is 0 Å². The van der Waals surface area contributed by atoms with Crippen LogP contribution in [0.2, 0.25) is 0 Å². The monoisotopic (exact) mass is 275 g/mol. The Balaban J connectivity index is 1.95. The highest BCUT2D eigenvalue weighted by Crippen LogP contribution is 2.09. The molecule has 0 spiro atoms. The molecule has 1 N–H and O–H groups in total. The normalized spacial score (nSPS) is 13.0. The summed E-state index contributed by atoms with van der Waals surface area (Å²) in [5.41, 5.74) is 0. The van der Waals surface area contributed by atoms with Crippen LogP contribution in [0.1, 0.15) is 24.6 Å². The highest BCUT2D eigenvalue weighted by Gasteiger charge is 1.99. The Morgan fingerprint density at radius 2 is 2.36 bits per heavy atom. The van der Waals surface area contributed by atoms with Crippen molar-refractivity contribution in [1.82, 2.24) is 5.32 Å². The number of hydrogen-bond acceptors (Lipinski definition) is 2. The van der Waals surface area contributed by atoms with E-state index in [0.29, 0.717) is 4.83 Å². The van der Waals surface area contributed by atoms with Crippen molar-refractivity contribution < 1.29 is 0 Å². The van der Waals surface area contributed by atoms with Gasteiger partial charge >= 0.3 is 0 Å². The zero-order chi connectivity index (χ0) is 10.2. The summed E-state index contributed by atoms with van der Waals surface area (Å²) < 4.78 is 0.